The summed E-state index contributed by atoms with van der Waals surface area (Å²) in [6.45, 7) is 7.31. The van der Waals surface area contributed by atoms with E-state index in [0.29, 0.717) is 24.7 Å². The summed E-state index contributed by atoms with van der Waals surface area (Å²) < 4.78 is 7.42. The van der Waals surface area contributed by atoms with Crippen molar-refractivity contribution in [3.63, 3.8) is 0 Å². The minimum atomic E-state index is -0.825. The van der Waals surface area contributed by atoms with E-state index < -0.39 is 5.54 Å². The molecule has 2 aliphatic rings. The van der Waals surface area contributed by atoms with Crippen LogP contribution in [0.4, 0.5) is 0 Å². The van der Waals surface area contributed by atoms with Crippen LogP contribution in [-0.4, -0.2) is 45.8 Å². The third-order valence-corrected chi connectivity index (χ3v) is 7.84. The molecule has 0 radical (unpaired) electrons. The normalized spacial score (nSPS) is 21.1. The number of aromatic nitrogens is 2. The number of guanidine groups is 1. The second kappa shape index (κ2) is 9.71. The number of hydrogen-bond acceptors (Lipinski definition) is 5. The number of aryl methyl sites for hydroxylation is 1. The summed E-state index contributed by atoms with van der Waals surface area (Å²) in [6, 6.07) is 16.1. The van der Waals surface area contributed by atoms with Crippen LogP contribution in [0.15, 0.2) is 53.5 Å². The first-order valence-corrected chi connectivity index (χ1v) is 12.8. The zero-order chi connectivity index (χ0) is 25.4. The van der Waals surface area contributed by atoms with Crippen LogP contribution < -0.4 is 5.73 Å². The van der Waals surface area contributed by atoms with Gasteiger partial charge < -0.3 is 10.5 Å². The summed E-state index contributed by atoms with van der Waals surface area (Å²) in [5.41, 5.74) is 11.5. The topological polar surface area (TPSA) is 85.7 Å². The number of para-hydroxylation sites is 1. The van der Waals surface area contributed by atoms with Gasteiger partial charge in [-0.2, -0.15) is 5.10 Å². The average molecular weight is 506 g/mol. The van der Waals surface area contributed by atoms with Crippen molar-refractivity contribution >= 4 is 23.5 Å². The molecule has 0 spiro atoms. The van der Waals surface area contributed by atoms with Crippen LogP contribution in [0.5, 0.6) is 0 Å². The first kappa shape index (κ1) is 24.5. The number of ether oxygens (including phenoxy) is 1. The molecule has 1 aromatic heterocycles. The Bertz CT molecular complexity index is 1310. The highest BCUT2D eigenvalue weighted by Gasteiger charge is 2.41. The molecule has 1 fully saturated rings. The Labute approximate surface area is 216 Å². The third-order valence-electron chi connectivity index (χ3n) is 7.40. The number of benzene rings is 2. The van der Waals surface area contributed by atoms with E-state index in [1.165, 1.54) is 0 Å². The van der Waals surface area contributed by atoms with Crippen molar-refractivity contribution in [2.24, 2.45) is 10.7 Å². The average Bonchev–Trinajstić information content (AvgIpc) is 3.14. The quantitative estimate of drug-likeness (QED) is 0.545. The number of halogens is 1. The van der Waals surface area contributed by atoms with Gasteiger partial charge in [0.15, 0.2) is 5.96 Å². The number of hydrogen-bond donors (Lipinski definition) is 1. The Morgan fingerprint density at radius 1 is 1.11 bits per heavy atom. The number of carbonyl (C=O) groups excluding carboxylic acids is 1. The number of rotatable bonds is 5. The van der Waals surface area contributed by atoms with Crippen molar-refractivity contribution in [1.29, 1.82) is 0 Å². The lowest BCUT2D eigenvalue weighted by atomic mass is 9.85. The molecule has 5 rings (SSSR count). The van der Waals surface area contributed by atoms with Gasteiger partial charge in [0.25, 0.3) is 0 Å². The molecule has 3 heterocycles. The van der Waals surface area contributed by atoms with Gasteiger partial charge in [-0.25, -0.2) is 9.67 Å². The first-order valence-electron chi connectivity index (χ1n) is 12.4. The molecular formula is C28H32ClN5O2. The summed E-state index contributed by atoms with van der Waals surface area (Å²) in [7, 11) is 0. The van der Waals surface area contributed by atoms with Crippen LogP contribution in [0, 0.1) is 13.8 Å². The van der Waals surface area contributed by atoms with Crippen LogP contribution in [0.25, 0.3) is 5.69 Å². The maximum absolute atomic E-state index is 13.3. The Balaban J connectivity index is 1.46. The third kappa shape index (κ3) is 4.42. The van der Waals surface area contributed by atoms with E-state index in [1.807, 2.05) is 67.1 Å². The monoisotopic (exact) mass is 505 g/mol. The Hall–Kier alpha value is -3.16. The van der Waals surface area contributed by atoms with Crippen molar-refractivity contribution < 1.29 is 9.53 Å². The van der Waals surface area contributed by atoms with Gasteiger partial charge in [0.05, 0.1) is 23.3 Å². The predicted octanol–water partition coefficient (Wildman–Crippen LogP) is 4.67. The fourth-order valence-electron chi connectivity index (χ4n) is 5.42. The summed E-state index contributed by atoms with van der Waals surface area (Å²) in [5, 5.41) is 5.40. The largest absolute Gasteiger partial charge is 0.381 e. The van der Waals surface area contributed by atoms with Gasteiger partial charge in [0.2, 0.25) is 5.91 Å². The number of aliphatic imine (C=N–C) groups is 1. The fraction of sp³-hybridized carbons (Fsp3) is 0.393. The number of nitrogens with two attached hydrogens (primary N) is 1. The van der Waals surface area contributed by atoms with Gasteiger partial charge in [-0.3, -0.25) is 9.69 Å². The van der Waals surface area contributed by atoms with Crippen molar-refractivity contribution in [3.05, 3.63) is 81.6 Å². The number of amides is 1. The first-order chi connectivity index (χ1) is 17.3. The molecule has 1 saturated heterocycles. The highest BCUT2D eigenvalue weighted by Crippen LogP contribution is 2.40. The van der Waals surface area contributed by atoms with Crippen LogP contribution >= 0.6 is 11.6 Å². The highest BCUT2D eigenvalue weighted by atomic mass is 35.5. The standard InChI is InChI=1S/C28H32ClN5O2/c1-18-23(19(2)34(32-18)22-9-5-4-6-10-22)16-20-8-7-11-24(26(20)29)28(3)17-25(35)33(27(30)31-28)21-12-14-36-15-13-21/h4-11,21H,12-17H2,1-3H3,(H2,30,31)/t28-/m0/s1. The molecule has 0 saturated carbocycles. The van der Waals surface area contributed by atoms with Gasteiger partial charge in [0, 0.05) is 42.0 Å². The van der Waals surface area contributed by atoms with Gasteiger partial charge in [-0.15, -0.1) is 0 Å². The second-order valence-corrected chi connectivity index (χ2v) is 10.3. The Morgan fingerprint density at radius 2 is 1.83 bits per heavy atom. The van der Waals surface area contributed by atoms with Crippen molar-refractivity contribution in [2.45, 2.75) is 58.0 Å². The number of nitrogens with zero attached hydrogens (tertiary/aromatic N) is 4. The second-order valence-electron chi connectivity index (χ2n) is 9.88. The van der Waals surface area contributed by atoms with Crippen molar-refractivity contribution in [3.8, 4) is 5.69 Å². The van der Waals surface area contributed by atoms with Gasteiger partial charge >= 0.3 is 0 Å². The highest BCUT2D eigenvalue weighted by molar-refractivity contribution is 6.32. The summed E-state index contributed by atoms with van der Waals surface area (Å²) in [6.07, 6.45) is 2.39. The van der Waals surface area contributed by atoms with Crippen LogP contribution in [0.3, 0.4) is 0 Å². The maximum atomic E-state index is 13.3. The van der Waals surface area contributed by atoms with Crippen LogP contribution in [0.1, 0.15) is 54.3 Å². The summed E-state index contributed by atoms with van der Waals surface area (Å²) >= 11 is 7.01. The molecule has 7 nitrogen and oxygen atoms in total. The van der Waals surface area contributed by atoms with Crippen LogP contribution in [0.2, 0.25) is 5.02 Å². The van der Waals surface area contributed by atoms with Crippen LogP contribution in [-0.2, 0) is 21.5 Å². The Kier molecular flexibility index (Phi) is 6.62. The summed E-state index contributed by atoms with van der Waals surface area (Å²) in [4.78, 5) is 19.8. The zero-order valence-corrected chi connectivity index (χ0v) is 21.8. The molecule has 0 bridgehead atoms. The van der Waals surface area contributed by atoms with Crippen molar-refractivity contribution in [1.82, 2.24) is 14.7 Å². The number of carbonyl (C=O) groups is 1. The van der Waals surface area contributed by atoms with E-state index in [2.05, 4.69) is 6.92 Å². The van der Waals surface area contributed by atoms with E-state index in [1.54, 1.807) is 4.90 Å². The molecule has 3 aromatic rings. The molecule has 188 valence electrons. The van der Waals surface area contributed by atoms with E-state index in [4.69, 9.17) is 32.2 Å². The SMILES string of the molecule is Cc1nn(-c2ccccc2)c(C)c1Cc1cccc([C@]2(C)CC(=O)N(C3CCOCC3)C(N)=N2)c1Cl. The predicted molar refractivity (Wildman–Crippen MR) is 142 cm³/mol. The lowest BCUT2D eigenvalue weighted by molar-refractivity contribution is -0.132. The molecule has 8 heteroatoms. The van der Waals surface area contributed by atoms with Crippen molar-refractivity contribution in [2.75, 3.05) is 13.2 Å². The smallest absolute Gasteiger partial charge is 0.232 e. The van der Waals surface area contributed by atoms with Gasteiger partial charge in [-0.1, -0.05) is 48.0 Å². The Morgan fingerprint density at radius 3 is 2.53 bits per heavy atom. The molecular weight excluding hydrogens is 474 g/mol. The van der Waals surface area contributed by atoms with E-state index in [9.17, 15) is 4.79 Å². The minimum Gasteiger partial charge on any atom is -0.381 e. The van der Waals surface area contributed by atoms with E-state index in [0.717, 1.165) is 46.6 Å². The van der Waals surface area contributed by atoms with E-state index in [-0.39, 0.29) is 24.3 Å². The molecule has 2 aromatic carbocycles. The van der Waals surface area contributed by atoms with Gasteiger partial charge in [-0.05, 0) is 56.9 Å². The van der Waals surface area contributed by atoms with E-state index >= 15 is 0 Å². The molecule has 2 aliphatic heterocycles. The zero-order valence-electron chi connectivity index (χ0n) is 21.0. The fourth-order valence-corrected chi connectivity index (χ4v) is 5.81. The summed E-state index contributed by atoms with van der Waals surface area (Å²) in [5.74, 6) is 0.243. The molecule has 36 heavy (non-hydrogen) atoms. The maximum Gasteiger partial charge on any atom is 0.232 e. The molecule has 2 N–H and O–H groups in total. The minimum absolute atomic E-state index is 0.0193. The molecule has 1 atom stereocenters. The van der Waals surface area contributed by atoms with Gasteiger partial charge in [0.1, 0.15) is 0 Å². The molecule has 0 aliphatic carbocycles. The lowest BCUT2D eigenvalue weighted by Crippen LogP contribution is -2.55. The molecule has 0 unspecified atom stereocenters. The molecule has 1 amide bonds. The lowest BCUT2D eigenvalue weighted by Gasteiger charge is -2.40.